The summed E-state index contributed by atoms with van der Waals surface area (Å²) in [5.74, 6) is 0. The number of aryl methyl sites for hydroxylation is 2. The van der Waals surface area contributed by atoms with Crippen LogP contribution in [-0.2, 0) is 13.1 Å². The van der Waals surface area contributed by atoms with Crippen molar-refractivity contribution < 1.29 is 8.80 Å². The van der Waals surface area contributed by atoms with E-state index in [1.54, 1.807) is 0 Å². The average molecular weight is 819 g/mol. The Kier molecular flexibility index (Phi) is 13.7. The highest BCUT2D eigenvalue weighted by Crippen LogP contribution is 2.25. The topological polar surface area (TPSA) is 24.5 Å². The number of fused-ring (bicyclic) bond motifs is 2. The molecular weight excluding hydrogens is 757 g/mol. The lowest BCUT2D eigenvalue weighted by molar-refractivity contribution is -0.510. The molecule has 62 heavy (non-hydrogen) atoms. The fourth-order valence-electron chi connectivity index (χ4n) is 8.44. The molecule has 6 heteroatoms. The van der Waals surface area contributed by atoms with E-state index < -0.39 is 0 Å². The fourth-order valence-corrected chi connectivity index (χ4v) is 8.44. The molecule has 0 bridgehead atoms. The number of unbranched alkanes of at least 4 members (excludes halogenated alkanes) is 7. The van der Waals surface area contributed by atoms with E-state index in [1.165, 1.54) is 119 Å². The molecule has 0 fully saturated rings. The van der Waals surface area contributed by atoms with Gasteiger partial charge in [-0.25, -0.2) is 17.9 Å². The third-order valence-corrected chi connectivity index (χ3v) is 12.0. The average Bonchev–Trinajstić information content (AvgIpc) is 3.86. The Morgan fingerprint density at radius 3 is 1.13 bits per heavy atom. The first-order chi connectivity index (χ1) is 30.4. The molecule has 4 heterocycles. The van der Waals surface area contributed by atoms with Crippen molar-refractivity contribution >= 4 is 47.0 Å². The van der Waals surface area contributed by atoms with Crippen LogP contribution in [0.1, 0.15) is 73.6 Å². The lowest BCUT2D eigenvalue weighted by atomic mass is 10.1. The van der Waals surface area contributed by atoms with E-state index in [0.29, 0.717) is 0 Å². The number of hydrogen-bond donors (Lipinski definition) is 0. The van der Waals surface area contributed by atoms with Gasteiger partial charge in [0, 0.05) is 62.8 Å². The highest BCUT2D eigenvalue weighted by molar-refractivity contribution is 5.73. The molecule has 0 atom stereocenters. The first-order valence-electron chi connectivity index (χ1n) is 22.5. The summed E-state index contributed by atoms with van der Waals surface area (Å²) in [4.78, 5) is 4.27. The lowest BCUT2D eigenvalue weighted by Gasteiger charge is -2.11. The quantitative estimate of drug-likeness (QED) is 0.0600. The second kappa shape index (κ2) is 20.3. The van der Waals surface area contributed by atoms with E-state index in [9.17, 15) is 0 Å². The second-order valence-electron chi connectivity index (χ2n) is 17.0. The van der Waals surface area contributed by atoms with Crippen molar-refractivity contribution in [2.45, 2.75) is 64.5 Å². The largest absolute Gasteiger partial charge is 0.378 e. The van der Waals surface area contributed by atoms with E-state index in [0.717, 1.165) is 13.1 Å². The standard InChI is InChI=1S/C56H62N6/c1-57(2)51-31-27-45(28-32-51)23-25-47-35-39-59-43-53(49-19-13-11-14-20-49)61(55(59)41-47)37-17-9-7-5-6-8-10-18-38-62-54(50-21-15-12-16-22-50)44-60-40-36-48(42-56(60)62)26-24-46-29-33-52(34-30-46)58(3)4/h11-16,19-36,39-44H,5-10,17-18,37-38H2,1-4H3/q+2. The Morgan fingerprint density at radius 2 is 0.758 bits per heavy atom. The zero-order valence-electron chi connectivity index (χ0n) is 37.1. The summed E-state index contributed by atoms with van der Waals surface area (Å²) in [7, 11) is 8.31. The molecule has 4 aromatic heterocycles. The number of rotatable bonds is 19. The van der Waals surface area contributed by atoms with Crippen molar-refractivity contribution in [1.29, 1.82) is 0 Å². The van der Waals surface area contributed by atoms with Gasteiger partial charge >= 0.3 is 0 Å². The second-order valence-corrected chi connectivity index (χ2v) is 17.0. The molecule has 0 aliphatic carbocycles. The van der Waals surface area contributed by atoms with E-state index in [1.807, 2.05) is 0 Å². The predicted molar refractivity (Wildman–Crippen MR) is 262 cm³/mol. The van der Waals surface area contributed by atoms with Crippen LogP contribution in [0.15, 0.2) is 158 Å². The van der Waals surface area contributed by atoms with Gasteiger partial charge in [0.1, 0.15) is 12.4 Å². The molecule has 8 rings (SSSR count). The molecule has 0 amide bonds. The van der Waals surface area contributed by atoms with Gasteiger partial charge in [0.2, 0.25) is 0 Å². The molecule has 0 N–H and O–H groups in total. The fraction of sp³-hybridized carbons (Fsp3) is 0.250. The van der Waals surface area contributed by atoms with Crippen LogP contribution in [0.25, 0.3) is 58.1 Å². The molecule has 6 nitrogen and oxygen atoms in total. The lowest BCUT2D eigenvalue weighted by Crippen LogP contribution is -2.18. The number of imidazole rings is 2. The van der Waals surface area contributed by atoms with E-state index >= 15 is 0 Å². The minimum absolute atomic E-state index is 1.01. The normalized spacial score (nSPS) is 11.7. The number of nitrogens with zero attached hydrogens (tertiary/aromatic N) is 6. The summed E-state index contributed by atoms with van der Waals surface area (Å²) in [6, 6.07) is 48.2. The zero-order valence-corrected chi connectivity index (χ0v) is 37.1. The van der Waals surface area contributed by atoms with Crippen molar-refractivity contribution in [3.05, 3.63) is 181 Å². The summed E-state index contributed by atoms with van der Waals surface area (Å²) < 4.78 is 9.61. The minimum atomic E-state index is 1.01. The van der Waals surface area contributed by atoms with Crippen LogP contribution in [0.5, 0.6) is 0 Å². The first kappa shape index (κ1) is 42.0. The smallest absolute Gasteiger partial charge is 0.287 e. The maximum atomic E-state index is 2.52. The van der Waals surface area contributed by atoms with Crippen molar-refractivity contribution in [1.82, 2.24) is 9.13 Å². The number of anilines is 2. The van der Waals surface area contributed by atoms with Gasteiger partial charge in [-0.15, -0.1) is 0 Å². The Balaban J connectivity index is 0.852. The molecule has 8 aromatic rings. The molecule has 4 aromatic carbocycles. The molecule has 0 aliphatic heterocycles. The van der Waals surface area contributed by atoms with Gasteiger partial charge in [-0.2, -0.15) is 0 Å². The highest BCUT2D eigenvalue weighted by atomic mass is 15.1. The van der Waals surface area contributed by atoms with Gasteiger partial charge in [-0.3, -0.25) is 0 Å². The van der Waals surface area contributed by atoms with Gasteiger partial charge in [-0.05, 0) is 84.3 Å². The summed E-state index contributed by atoms with van der Waals surface area (Å²) >= 11 is 0. The Hall–Kier alpha value is -6.66. The third-order valence-electron chi connectivity index (χ3n) is 12.0. The van der Waals surface area contributed by atoms with Gasteiger partial charge in [-0.1, -0.05) is 135 Å². The predicted octanol–water partition coefficient (Wildman–Crippen LogP) is 12.4. The van der Waals surface area contributed by atoms with Crippen LogP contribution >= 0.6 is 0 Å². The van der Waals surface area contributed by atoms with E-state index in [2.05, 4.69) is 238 Å². The summed E-state index contributed by atoms with van der Waals surface area (Å²) in [5.41, 5.74) is 14.8. The number of benzene rings is 4. The van der Waals surface area contributed by atoms with Crippen molar-refractivity contribution in [2.75, 3.05) is 38.0 Å². The molecule has 0 radical (unpaired) electrons. The summed E-state index contributed by atoms with van der Waals surface area (Å²) in [6.45, 7) is 2.02. The molecule has 0 saturated carbocycles. The molecule has 0 aliphatic rings. The molecule has 0 spiro atoms. The number of aromatic nitrogens is 4. The van der Waals surface area contributed by atoms with Gasteiger partial charge in [0.15, 0.2) is 11.4 Å². The Morgan fingerprint density at radius 1 is 0.403 bits per heavy atom. The molecular formula is C56H62N6+2. The highest BCUT2D eigenvalue weighted by Gasteiger charge is 2.20. The molecule has 314 valence electrons. The van der Waals surface area contributed by atoms with Crippen molar-refractivity contribution in [2.24, 2.45) is 0 Å². The van der Waals surface area contributed by atoms with Crippen LogP contribution in [-0.4, -0.2) is 37.3 Å². The maximum absolute atomic E-state index is 2.52. The van der Waals surface area contributed by atoms with Crippen molar-refractivity contribution in [3.8, 4) is 22.5 Å². The van der Waals surface area contributed by atoms with Crippen LogP contribution in [0.4, 0.5) is 11.4 Å². The Labute approximate surface area is 369 Å². The number of pyridine rings is 2. The Bertz CT molecular complexity index is 2530. The van der Waals surface area contributed by atoms with E-state index in [4.69, 9.17) is 0 Å². The van der Waals surface area contributed by atoms with Gasteiger partial charge in [0.25, 0.3) is 11.3 Å². The van der Waals surface area contributed by atoms with Crippen LogP contribution in [0.3, 0.4) is 0 Å². The van der Waals surface area contributed by atoms with Gasteiger partial charge in [0.05, 0.1) is 25.5 Å². The monoisotopic (exact) mass is 819 g/mol. The summed E-state index contributed by atoms with van der Waals surface area (Å²) in [6.07, 6.45) is 27.8. The molecule has 0 unspecified atom stereocenters. The number of hydrogen-bond acceptors (Lipinski definition) is 2. The van der Waals surface area contributed by atoms with E-state index in [-0.39, 0.29) is 0 Å². The van der Waals surface area contributed by atoms with Crippen LogP contribution in [0, 0.1) is 0 Å². The minimum Gasteiger partial charge on any atom is -0.378 e. The van der Waals surface area contributed by atoms with Gasteiger partial charge < -0.3 is 9.80 Å². The SMILES string of the molecule is CN(C)c1ccc(/C=C/c2cc[n+]3cc(-c4ccccc4)n(CCCCCCCCCCn4c(-c5ccccc5)c[n+]5ccc(/C=C/c6ccc(N(C)C)cc6)cc45)c3c2)cc1. The molecule has 0 saturated heterocycles. The zero-order chi connectivity index (χ0) is 42.7. The van der Waals surface area contributed by atoms with Crippen LogP contribution < -0.4 is 18.6 Å². The summed E-state index contributed by atoms with van der Waals surface area (Å²) in [5, 5.41) is 0. The first-order valence-corrected chi connectivity index (χ1v) is 22.5. The van der Waals surface area contributed by atoms with Crippen molar-refractivity contribution in [3.63, 3.8) is 0 Å². The maximum Gasteiger partial charge on any atom is 0.287 e. The third kappa shape index (κ3) is 10.4. The van der Waals surface area contributed by atoms with Crippen LogP contribution in [0.2, 0.25) is 0 Å².